The number of aromatic amines is 1. The summed E-state index contributed by atoms with van der Waals surface area (Å²) in [4.78, 5) is 14.6. The topological polar surface area (TPSA) is 66.1 Å². The van der Waals surface area contributed by atoms with Crippen molar-refractivity contribution in [2.75, 3.05) is 32.6 Å². The maximum atomic E-state index is 5.57. The van der Waals surface area contributed by atoms with Gasteiger partial charge in [0.05, 0.1) is 12.0 Å². The van der Waals surface area contributed by atoms with Gasteiger partial charge in [0.2, 0.25) is 0 Å². The van der Waals surface area contributed by atoms with Gasteiger partial charge in [-0.05, 0) is 51.8 Å². The van der Waals surface area contributed by atoms with E-state index in [0.29, 0.717) is 18.0 Å². The summed E-state index contributed by atoms with van der Waals surface area (Å²) in [5.74, 6) is 1.44. The normalized spacial score (nSPS) is 27.9. The highest BCUT2D eigenvalue weighted by Crippen LogP contribution is 2.34. The number of hydrogen-bond acceptors (Lipinski definition) is 5. The second-order valence-electron chi connectivity index (χ2n) is 7.36. The third-order valence-electron chi connectivity index (χ3n) is 5.64. The standard InChI is InChI=1S/C18H27N5O/c1-23(2)14-5-3-13(4-6-14)22-18-16-15(12-7-8-24-10-12)9-19-17(16)20-11-21-18/h9,11-14H,3-8,10H2,1-2H3,(H2,19,20,21,22)/t12-,13-,14-/m0/s1. The molecule has 2 N–H and O–H groups in total. The molecule has 1 aliphatic carbocycles. The Labute approximate surface area is 143 Å². The maximum Gasteiger partial charge on any atom is 0.143 e. The van der Waals surface area contributed by atoms with Crippen LogP contribution in [0.3, 0.4) is 0 Å². The van der Waals surface area contributed by atoms with Gasteiger partial charge in [0.15, 0.2) is 0 Å². The minimum Gasteiger partial charge on any atom is -0.381 e. The van der Waals surface area contributed by atoms with Crippen molar-refractivity contribution >= 4 is 16.9 Å². The highest BCUT2D eigenvalue weighted by atomic mass is 16.5. The van der Waals surface area contributed by atoms with Crippen molar-refractivity contribution in [1.29, 1.82) is 0 Å². The molecule has 2 aromatic heterocycles. The van der Waals surface area contributed by atoms with Crippen LogP contribution in [-0.2, 0) is 4.74 Å². The molecule has 2 fully saturated rings. The molecular weight excluding hydrogens is 302 g/mol. The molecule has 130 valence electrons. The van der Waals surface area contributed by atoms with Gasteiger partial charge in [0.1, 0.15) is 17.8 Å². The Balaban J connectivity index is 1.55. The first-order chi connectivity index (χ1) is 11.7. The molecule has 0 aromatic carbocycles. The predicted octanol–water partition coefficient (Wildman–Crippen LogP) is 2.75. The summed E-state index contributed by atoms with van der Waals surface area (Å²) in [6.07, 6.45) is 9.70. The summed E-state index contributed by atoms with van der Waals surface area (Å²) in [6.45, 7) is 1.65. The fraction of sp³-hybridized carbons (Fsp3) is 0.667. The highest BCUT2D eigenvalue weighted by molar-refractivity contribution is 5.91. The molecule has 24 heavy (non-hydrogen) atoms. The molecule has 6 heteroatoms. The number of hydrogen-bond donors (Lipinski definition) is 2. The number of rotatable bonds is 4. The van der Waals surface area contributed by atoms with E-state index >= 15 is 0 Å². The average Bonchev–Trinajstić information content (AvgIpc) is 3.25. The number of fused-ring (bicyclic) bond motifs is 1. The Bertz CT molecular complexity index is 684. The van der Waals surface area contributed by atoms with Crippen molar-refractivity contribution in [2.45, 2.75) is 50.1 Å². The molecule has 1 atom stereocenters. The van der Waals surface area contributed by atoms with Gasteiger partial charge in [-0.2, -0.15) is 0 Å². The molecule has 1 saturated carbocycles. The predicted molar refractivity (Wildman–Crippen MR) is 95.4 cm³/mol. The summed E-state index contributed by atoms with van der Waals surface area (Å²) in [5, 5.41) is 4.86. The lowest BCUT2D eigenvalue weighted by Gasteiger charge is -2.33. The van der Waals surface area contributed by atoms with Crippen LogP contribution in [0.5, 0.6) is 0 Å². The summed E-state index contributed by atoms with van der Waals surface area (Å²) >= 11 is 0. The first-order valence-corrected chi connectivity index (χ1v) is 9.05. The number of ether oxygens (including phenoxy) is 1. The molecule has 0 unspecified atom stereocenters. The van der Waals surface area contributed by atoms with Gasteiger partial charge < -0.3 is 19.9 Å². The Morgan fingerprint density at radius 1 is 1.17 bits per heavy atom. The second kappa shape index (κ2) is 6.69. The molecular formula is C18H27N5O. The van der Waals surface area contributed by atoms with Crippen LogP contribution >= 0.6 is 0 Å². The molecule has 4 rings (SSSR count). The largest absolute Gasteiger partial charge is 0.381 e. The molecule has 0 amide bonds. The van der Waals surface area contributed by atoms with E-state index in [1.54, 1.807) is 6.33 Å². The minimum absolute atomic E-state index is 0.453. The zero-order chi connectivity index (χ0) is 16.5. The summed E-state index contributed by atoms with van der Waals surface area (Å²) in [5.41, 5.74) is 2.23. The van der Waals surface area contributed by atoms with Crippen LogP contribution in [0.1, 0.15) is 43.6 Å². The summed E-state index contributed by atoms with van der Waals surface area (Å²) in [7, 11) is 4.37. The van der Waals surface area contributed by atoms with Crippen LogP contribution in [0, 0.1) is 0 Å². The molecule has 2 aliphatic rings. The van der Waals surface area contributed by atoms with Gasteiger partial charge >= 0.3 is 0 Å². The number of aromatic nitrogens is 3. The van der Waals surface area contributed by atoms with Crippen LogP contribution in [0.15, 0.2) is 12.5 Å². The van der Waals surface area contributed by atoms with E-state index in [2.05, 4.69) is 45.5 Å². The van der Waals surface area contributed by atoms with Crippen LogP contribution in [0.2, 0.25) is 0 Å². The van der Waals surface area contributed by atoms with Crippen LogP contribution in [-0.4, -0.2) is 59.2 Å². The zero-order valence-electron chi connectivity index (χ0n) is 14.6. The van der Waals surface area contributed by atoms with E-state index < -0.39 is 0 Å². The van der Waals surface area contributed by atoms with Crippen LogP contribution in [0.4, 0.5) is 5.82 Å². The third-order valence-corrected chi connectivity index (χ3v) is 5.64. The Morgan fingerprint density at radius 3 is 2.71 bits per heavy atom. The molecule has 2 aromatic rings. The SMILES string of the molecule is CN(C)[C@H]1CC[C@H](Nc2ncnc3[nH]cc([C@H]4CCOC4)c23)CC1. The zero-order valence-corrected chi connectivity index (χ0v) is 14.6. The number of nitrogens with zero attached hydrogens (tertiary/aromatic N) is 3. The first kappa shape index (κ1) is 15.8. The van der Waals surface area contributed by atoms with Gasteiger partial charge in [0, 0.05) is 30.8 Å². The number of H-pyrrole nitrogens is 1. The fourth-order valence-electron chi connectivity index (χ4n) is 4.13. The highest BCUT2D eigenvalue weighted by Gasteiger charge is 2.26. The van der Waals surface area contributed by atoms with Crippen molar-refractivity contribution in [1.82, 2.24) is 19.9 Å². The van der Waals surface area contributed by atoms with Crippen molar-refractivity contribution in [3.63, 3.8) is 0 Å². The van der Waals surface area contributed by atoms with Crippen molar-refractivity contribution in [3.8, 4) is 0 Å². The van der Waals surface area contributed by atoms with Gasteiger partial charge in [-0.3, -0.25) is 0 Å². The van der Waals surface area contributed by atoms with Gasteiger partial charge in [0.25, 0.3) is 0 Å². The Morgan fingerprint density at radius 2 is 2.00 bits per heavy atom. The van der Waals surface area contributed by atoms with Gasteiger partial charge in [-0.15, -0.1) is 0 Å². The lowest BCUT2D eigenvalue weighted by atomic mass is 9.90. The monoisotopic (exact) mass is 329 g/mol. The van der Waals surface area contributed by atoms with Crippen molar-refractivity contribution in [3.05, 3.63) is 18.1 Å². The summed E-state index contributed by atoms with van der Waals surface area (Å²) < 4.78 is 5.57. The van der Waals surface area contributed by atoms with E-state index in [9.17, 15) is 0 Å². The average molecular weight is 329 g/mol. The Kier molecular flexibility index (Phi) is 4.41. The maximum absolute atomic E-state index is 5.57. The van der Waals surface area contributed by atoms with Gasteiger partial charge in [-0.25, -0.2) is 9.97 Å². The fourth-order valence-corrected chi connectivity index (χ4v) is 4.13. The van der Waals surface area contributed by atoms with Crippen molar-refractivity contribution < 1.29 is 4.74 Å². The second-order valence-corrected chi connectivity index (χ2v) is 7.36. The molecule has 1 aliphatic heterocycles. The molecule has 3 heterocycles. The molecule has 1 saturated heterocycles. The van der Waals surface area contributed by atoms with E-state index in [4.69, 9.17) is 4.74 Å². The minimum atomic E-state index is 0.453. The quantitative estimate of drug-likeness (QED) is 0.903. The smallest absolute Gasteiger partial charge is 0.143 e. The van der Waals surface area contributed by atoms with Crippen LogP contribution < -0.4 is 5.32 Å². The number of nitrogens with one attached hydrogen (secondary N) is 2. The third kappa shape index (κ3) is 3.00. The van der Waals surface area contributed by atoms with Crippen LogP contribution in [0.25, 0.3) is 11.0 Å². The van der Waals surface area contributed by atoms with Crippen molar-refractivity contribution in [2.24, 2.45) is 0 Å². The van der Waals surface area contributed by atoms with Gasteiger partial charge in [-0.1, -0.05) is 0 Å². The van der Waals surface area contributed by atoms with E-state index in [0.717, 1.165) is 36.5 Å². The van der Waals surface area contributed by atoms with E-state index in [1.165, 1.54) is 31.2 Å². The Hall–Kier alpha value is -1.66. The van der Waals surface area contributed by atoms with E-state index in [-0.39, 0.29) is 0 Å². The lowest BCUT2D eigenvalue weighted by molar-refractivity contribution is 0.194. The molecule has 0 bridgehead atoms. The first-order valence-electron chi connectivity index (χ1n) is 9.05. The lowest BCUT2D eigenvalue weighted by Crippen LogP contribution is -2.36. The van der Waals surface area contributed by atoms with E-state index in [1.807, 2.05) is 0 Å². The molecule has 0 spiro atoms. The number of anilines is 1. The summed E-state index contributed by atoms with van der Waals surface area (Å²) in [6, 6.07) is 1.22. The molecule has 0 radical (unpaired) electrons. The molecule has 6 nitrogen and oxygen atoms in total.